The van der Waals surface area contributed by atoms with Crippen LogP contribution >= 0.6 is 11.7 Å². The molecule has 0 fully saturated rings. The molecule has 1 rings (SSSR count). The molecule has 0 saturated heterocycles. The zero-order valence-corrected chi connectivity index (χ0v) is 5.72. The van der Waals surface area contributed by atoms with E-state index >= 15 is 0 Å². The molecule has 4 nitrogen and oxygen atoms in total. The van der Waals surface area contributed by atoms with Gasteiger partial charge in [0.05, 0.1) is 17.9 Å². The maximum atomic E-state index is 6.85. The minimum absolute atomic E-state index is 0.718. The van der Waals surface area contributed by atoms with E-state index < -0.39 is 0 Å². The van der Waals surface area contributed by atoms with Gasteiger partial charge >= 0.3 is 0 Å². The van der Waals surface area contributed by atoms with E-state index in [1.54, 1.807) is 17.2 Å². The highest BCUT2D eigenvalue weighted by Crippen LogP contribution is 1.79. The van der Waals surface area contributed by atoms with Crippen molar-refractivity contribution in [2.24, 2.45) is 4.99 Å². The van der Waals surface area contributed by atoms with Gasteiger partial charge in [0, 0.05) is 7.05 Å². The molecule has 9 heavy (non-hydrogen) atoms. The van der Waals surface area contributed by atoms with Gasteiger partial charge in [-0.25, -0.2) is 3.96 Å². The molecule has 0 spiro atoms. The van der Waals surface area contributed by atoms with Gasteiger partial charge in [-0.3, -0.25) is 10.4 Å². The minimum Gasteiger partial charge on any atom is -0.290 e. The second-order valence-electron chi connectivity index (χ2n) is 1.35. The minimum atomic E-state index is 0.718. The maximum Gasteiger partial charge on any atom is 0.163 e. The second-order valence-corrected chi connectivity index (χ2v) is 2.12. The molecule has 0 aromatic carbocycles. The molecule has 0 radical (unpaired) electrons. The quantitative estimate of drug-likeness (QED) is 0.433. The molecular formula is C4H6N4S. The van der Waals surface area contributed by atoms with Gasteiger partial charge in [0.25, 0.3) is 0 Å². The monoisotopic (exact) mass is 142 g/mol. The highest BCUT2D eigenvalue weighted by molar-refractivity contribution is 7.00. The SMILES string of the molecule is C/N=c1/cnsn1C=N. The van der Waals surface area contributed by atoms with Crippen LogP contribution in [0.15, 0.2) is 11.2 Å². The van der Waals surface area contributed by atoms with Crippen molar-refractivity contribution < 1.29 is 0 Å². The van der Waals surface area contributed by atoms with E-state index in [0.29, 0.717) is 0 Å². The Bertz CT molecular complexity index is 258. The standard InChI is InChI=1S/C4H6N4S/c1-6-4-2-7-9-8(4)3-5/h2-3,5H,1H3/b5-3?,6-4-. The zero-order chi connectivity index (χ0) is 6.69. The van der Waals surface area contributed by atoms with Gasteiger partial charge in [-0.1, -0.05) is 0 Å². The molecule has 0 aliphatic heterocycles. The molecule has 1 aromatic rings. The van der Waals surface area contributed by atoms with Crippen LogP contribution in [0.3, 0.4) is 0 Å². The van der Waals surface area contributed by atoms with Gasteiger partial charge < -0.3 is 0 Å². The molecule has 0 aliphatic carbocycles. The van der Waals surface area contributed by atoms with Crippen molar-refractivity contribution >= 4 is 18.1 Å². The molecule has 0 amide bonds. The summed E-state index contributed by atoms with van der Waals surface area (Å²) < 4.78 is 5.39. The van der Waals surface area contributed by atoms with Crippen molar-refractivity contribution in [2.75, 3.05) is 7.05 Å². The van der Waals surface area contributed by atoms with E-state index in [2.05, 4.69) is 9.37 Å². The van der Waals surface area contributed by atoms with E-state index in [1.807, 2.05) is 0 Å². The first-order valence-corrected chi connectivity index (χ1v) is 3.08. The molecule has 1 aromatic heterocycles. The van der Waals surface area contributed by atoms with Gasteiger partial charge in [0.15, 0.2) is 5.49 Å². The summed E-state index contributed by atoms with van der Waals surface area (Å²) in [5.74, 6) is 0. The van der Waals surface area contributed by atoms with E-state index in [9.17, 15) is 0 Å². The van der Waals surface area contributed by atoms with Crippen molar-refractivity contribution in [2.45, 2.75) is 0 Å². The van der Waals surface area contributed by atoms with Crippen LogP contribution in [0.25, 0.3) is 0 Å². The Morgan fingerprint density at radius 3 is 3.22 bits per heavy atom. The smallest absolute Gasteiger partial charge is 0.163 e. The second kappa shape index (κ2) is 2.54. The summed E-state index contributed by atoms with van der Waals surface area (Å²) in [4.78, 5) is 3.86. The van der Waals surface area contributed by atoms with Crippen LogP contribution in [0.2, 0.25) is 0 Å². The summed E-state index contributed by atoms with van der Waals surface area (Å²) >= 11 is 1.20. The van der Waals surface area contributed by atoms with Gasteiger partial charge in [-0.15, -0.1) is 0 Å². The van der Waals surface area contributed by atoms with Gasteiger partial charge in [-0.2, -0.15) is 4.37 Å². The van der Waals surface area contributed by atoms with Crippen LogP contribution in [-0.4, -0.2) is 21.7 Å². The average Bonchev–Trinajstić information content (AvgIpc) is 2.33. The van der Waals surface area contributed by atoms with Crippen molar-refractivity contribution in [1.82, 2.24) is 8.33 Å². The first kappa shape index (κ1) is 6.15. The Labute approximate surface area is 56.3 Å². The lowest BCUT2D eigenvalue weighted by Crippen LogP contribution is -2.12. The molecule has 0 bridgehead atoms. The fraction of sp³-hybridized carbons (Fsp3) is 0.250. The lowest BCUT2D eigenvalue weighted by molar-refractivity contribution is 1.10. The molecule has 0 aliphatic rings. The third-order valence-electron chi connectivity index (χ3n) is 0.875. The Hall–Kier alpha value is -0.970. The Balaban J connectivity index is 3.30. The van der Waals surface area contributed by atoms with Crippen LogP contribution in [0.4, 0.5) is 0 Å². The van der Waals surface area contributed by atoms with Crippen molar-refractivity contribution in [3.8, 4) is 0 Å². The molecular weight excluding hydrogens is 136 g/mol. The normalized spacial score (nSPS) is 11.9. The first-order valence-electron chi connectivity index (χ1n) is 2.35. The zero-order valence-electron chi connectivity index (χ0n) is 4.90. The predicted molar refractivity (Wildman–Crippen MR) is 35.8 cm³/mol. The van der Waals surface area contributed by atoms with E-state index in [4.69, 9.17) is 5.41 Å². The number of nitrogens with zero attached hydrogens (tertiary/aromatic N) is 3. The highest BCUT2D eigenvalue weighted by Gasteiger charge is 1.86. The number of hydrogen-bond donors (Lipinski definition) is 1. The van der Waals surface area contributed by atoms with Gasteiger partial charge in [0.2, 0.25) is 0 Å². The molecule has 0 unspecified atom stereocenters. The lowest BCUT2D eigenvalue weighted by Gasteiger charge is -1.81. The molecule has 5 heteroatoms. The lowest BCUT2D eigenvalue weighted by atomic mass is 10.8. The van der Waals surface area contributed by atoms with E-state index in [1.165, 1.54) is 18.1 Å². The van der Waals surface area contributed by atoms with Gasteiger partial charge in [-0.05, 0) is 0 Å². The number of nitrogens with one attached hydrogen (secondary N) is 1. The Kier molecular flexibility index (Phi) is 1.74. The van der Waals surface area contributed by atoms with Crippen LogP contribution in [0.5, 0.6) is 0 Å². The van der Waals surface area contributed by atoms with Crippen molar-refractivity contribution in [3.63, 3.8) is 0 Å². The summed E-state index contributed by atoms with van der Waals surface area (Å²) in [7, 11) is 1.67. The Morgan fingerprint density at radius 1 is 2.00 bits per heavy atom. The van der Waals surface area contributed by atoms with E-state index in [0.717, 1.165) is 5.49 Å². The van der Waals surface area contributed by atoms with Gasteiger partial charge in [0.1, 0.15) is 6.34 Å². The summed E-state index contributed by atoms with van der Waals surface area (Å²) in [6, 6.07) is 0. The number of rotatable bonds is 1. The topological polar surface area (TPSA) is 54.0 Å². The molecule has 0 atom stereocenters. The van der Waals surface area contributed by atoms with Crippen LogP contribution in [0, 0.1) is 5.41 Å². The predicted octanol–water partition coefficient (Wildman–Crippen LogP) is -0.0697. The first-order chi connectivity index (χ1) is 4.38. The third kappa shape index (κ3) is 1.05. The summed E-state index contributed by atoms with van der Waals surface area (Å²) in [5, 5.41) is 6.85. The summed E-state index contributed by atoms with van der Waals surface area (Å²) in [6.45, 7) is 0. The van der Waals surface area contributed by atoms with Crippen LogP contribution < -0.4 is 5.49 Å². The molecule has 1 N–H and O–H groups in total. The molecule has 0 saturated carbocycles. The van der Waals surface area contributed by atoms with E-state index in [-0.39, 0.29) is 0 Å². The Morgan fingerprint density at radius 2 is 2.78 bits per heavy atom. The molecule has 1 heterocycles. The molecule has 48 valence electrons. The average molecular weight is 142 g/mol. The maximum absolute atomic E-state index is 6.85. The summed E-state index contributed by atoms with van der Waals surface area (Å²) in [5.41, 5.74) is 0.718. The van der Waals surface area contributed by atoms with Crippen LogP contribution in [0.1, 0.15) is 0 Å². The number of hydrogen-bond acceptors (Lipinski definition) is 4. The van der Waals surface area contributed by atoms with Crippen molar-refractivity contribution in [1.29, 1.82) is 5.41 Å². The third-order valence-corrected chi connectivity index (χ3v) is 1.54. The summed E-state index contributed by atoms with van der Waals surface area (Å²) in [6.07, 6.45) is 2.80. The number of aromatic nitrogens is 2. The fourth-order valence-electron chi connectivity index (χ4n) is 0.466. The largest absolute Gasteiger partial charge is 0.290 e. The van der Waals surface area contributed by atoms with Crippen LogP contribution in [-0.2, 0) is 0 Å². The fourth-order valence-corrected chi connectivity index (χ4v) is 0.969. The highest BCUT2D eigenvalue weighted by atomic mass is 32.1. The van der Waals surface area contributed by atoms with Crippen molar-refractivity contribution in [3.05, 3.63) is 11.7 Å².